The SMILES string of the molecule is NS(=O)(=O)N1CCOCC(F)(F)C1. The molecule has 0 saturated carbocycles. The predicted molar refractivity (Wildman–Crippen MR) is 40.4 cm³/mol. The van der Waals surface area contributed by atoms with Crippen molar-refractivity contribution in [2.24, 2.45) is 5.14 Å². The molecule has 0 radical (unpaired) electrons. The van der Waals surface area contributed by atoms with E-state index in [-0.39, 0.29) is 13.2 Å². The van der Waals surface area contributed by atoms with Crippen molar-refractivity contribution in [2.45, 2.75) is 5.92 Å². The molecule has 0 unspecified atom stereocenters. The minimum Gasteiger partial charge on any atom is -0.374 e. The molecule has 1 saturated heterocycles. The Bertz CT molecular complexity index is 280. The van der Waals surface area contributed by atoms with E-state index in [2.05, 4.69) is 4.74 Å². The molecule has 78 valence electrons. The topological polar surface area (TPSA) is 72.6 Å². The largest absolute Gasteiger partial charge is 0.374 e. The second kappa shape index (κ2) is 3.45. The minimum absolute atomic E-state index is 0.0635. The van der Waals surface area contributed by atoms with E-state index in [4.69, 9.17) is 5.14 Å². The van der Waals surface area contributed by atoms with Gasteiger partial charge in [0, 0.05) is 6.54 Å². The number of hydrogen-bond acceptors (Lipinski definition) is 3. The van der Waals surface area contributed by atoms with Gasteiger partial charge in [-0.25, -0.2) is 13.9 Å². The van der Waals surface area contributed by atoms with Gasteiger partial charge in [-0.2, -0.15) is 12.7 Å². The summed E-state index contributed by atoms with van der Waals surface area (Å²) in [5, 5.41) is 4.71. The van der Waals surface area contributed by atoms with Crippen LogP contribution in [0.1, 0.15) is 0 Å². The third-order valence-electron chi connectivity index (χ3n) is 1.57. The van der Waals surface area contributed by atoms with Crippen molar-refractivity contribution < 1.29 is 21.9 Å². The third kappa shape index (κ3) is 3.14. The number of halogens is 2. The van der Waals surface area contributed by atoms with E-state index in [1.54, 1.807) is 0 Å². The first kappa shape index (κ1) is 10.8. The molecule has 0 aromatic rings. The van der Waals surface area contributed by atoms with Crippen molar-refractivity contribution in [2.75, 3.05) is 26.3 Å². The van der Waals surface area contributed by atoms with Crippen LogP contribution < -0.4 is 5.14 Å². The van der Waals surface area contributed by atoms with Crippen LogP contribution in [0.5, 0.6) is 0 Å². The fourth-order valence-corrected chi connectivity index (χ4v) is 1.69. The van der Waals surface area contributed by atoms with Crippen LogP contribution in [0.15, 0.2) is 0 Å². The van der Waals surface area contributed by atoms with E-state index in [0.717, 1.165) is 0 Å². The van der Waals surface area contributed by atoms with Crippen LogP contribution in [0, 0.1) is 0 Å². The summed E-state index contributed by atoms with van der Waals surface area (Å²) in [5.41, 5.74) is 0. The van der Waals surface area contributed by atoms with Crippen molar-refractivity contribution in [1.29, 1.82) is 0 Å². The molecule has 0 spiro atoms. The maximum absolute atomic E-state index is 12.8. The first-order valence-electron chi connectivity index (χ1n) is 3.55. The average Bonchev–Trinajstić information content (AvgIpc) is 2.08. The maximum Gasteiger partial charge on any atom is 0.284 e. The van der Waals surface area contributed by atoms with Gasteiger partial charge in [-0.15, -0.1) is 0 Å². The number of hydrogen-bond donors (Lipinski definition) is 1. The molecule has 0 bridgehead atoms. The quantitative estimate of drug-likeness (QED) is 0.621. The van der Waals surface area contributed by atoms with Gasteiger partial charge in [0.2, 0.25) is 0 Å². The summed E-state index contributed by atoms with van der Waals surface area (Å²) in [6.07, 6.45) is 0. The zero-order chi connectivity index (χ0) is 10.1. The molecule has 0 aliphatic carbocycles. The van der Waals surface area contributed by atoms with Gasteiger partial charge in [0.25, 0.3) is 16.1 Å². The monoisotopic (exact) mass is 216 g/mol. The average molecular weight is 216 g/mol. The van der Waals surface area contributed by atoms with E-state index >= 15 is 0 Å². The molecule has 2 N–H and O–H groups in total. The van der Waals surface area contributed by atoms with Crippen molar-refractivity contribution in [3.63, 3.8) is 0 Å². The summed E-state index contributed by atoms with van der Waals surface area (Å²) in [6, 6.07) is 0. The van der Waals surface area contributed by atoms with Gasteiger partial charge in [-0.05, 0) is 0 Å². The van der Waals surface area contributed by atoms with Gasteiger partial charge in [-0.1, -0.05) is 0 Å². The Balaban J connectivity index is 2.77. The van der Waals surface area contributed by atoms with E-state index in [1.807, 2.05) is 0 Å². The van der Waals surface area contributed by atoms with Gasteiger partial charge in [0.15, 0.2) is 0 Å². The third-order valence-corrected chi connectivity index (χ3v) is 2.60. The Morgan fingerprint density at radius 3 is 2.62 bits per heavy atom. The Kier molecular flexibility index (Phi) is 2.85. The lowest BCUT2D eigenvalue weighted by atomic mass is 10.4. The number of rotatable bonds is 1. The summed E-state index contributed by atoms with van der Waals surface area (Å²) < 4.78 is 52.0. The molecule has 0 aromatic carbocycles. The van der Waals surface area contributed by atoms with E-state index in [0.29, 0.717) is 4.31 Å². The minimum atomic E-state index is -4.05. The number of nitrogens with zero attached hydrogens (tertiary/aromatic N) is 1. The van der Waals surface area contributed by atoms with Crippen LogP contribution in [0.25, 0.3) is 0 Å². The lowest BCUT2D eigenvalue weighted by Gasteiger charge is -2.19. The number of nitrogens with two attached hydrogens (primary N) is 1. The molecule has 0 aromatic heterocycles. The normalized spacial score (nSPS) is 25.5. The predicted octanol–water partition coefficient (Wildman–Crippen LogP) is -0.843. The van der Waals surface area contributed by atoms with E-state index < -0.39 is 29.3 Å². The van der Waals surface area contributed by atoms with Crippen LogP contribution in [-0.2, 0) is 14.9 Å². The van der Waals surface area contributed by atoms with Gasteiger partial charge >= 0.3 is 0 Å². The Hall–Kier alpha value is -0.310. The molecule has 5 nitrogen and oxygen atoms in total. The Labute approximate surface area is 74.6 Å². The highest BCUT2D eigenvalue weighted by atomic mass is 32.2. The highest BCUT2D eigenvalue weighted by Gasteiger charge is 2.37. The summed E-state index contributed by atoms with van der Waals surface area (Å²) in [5.74, 6) is -3.16. The van der Waals surface area contributed by atoms with Gasteiger partial charge in [0.1, 0.15) is 6.61 Å². The van der Waals surface area contributed by atoms with Gasteiger partial charge < -0.3 is 4.74 Å². The van der Waals surface area contributed by atoms with Crippen molar-refractivity contribution >= 4 is 10.2 Å². The maximum atomic E-state index is 12.8. The molecule has 1 aliphatic rings. The Morgan fingerprint density at radius 2 is 2.08 bits per heavy atom. The van der Waals surface area contributed by atoms with Crippen LogP contribution in [-0.4, -0.2) is 44.9 Å². The summed E-state index contributed by atoms with van der Waals surface area (Å²) >= 11 is 0. The van der Waals surface area contributed by atoms with Crippen molar-refractivity contribution in [3.05, 3.63) is 0 Å². The van der Waals surface area contributed by atoms with Crippen molar-refractivity contribution in [1.82, 2.24) is 4.31 Å². The highest BCUT2D eigenvalue weighted by Crippen LogP contribution is 2.19. The molecule has 8 heteroatoms. The lowest BCUT2D eigenvalue weighted by molar-refractivity contribution is -0.0630. The van der Waals surface area contributed by atoms with Gasteiger partial charge in [-0.3, -0.25) is 0 Å². The smallest absolute Gasteiger partial charge is 0.284 e. The molecule has 1 fully saturated rings. The Morgan fingerprint density at radius 1 is 1.46 bits per heavy atom. The fourth-order valence-electron chi connectivity index (χ4n) is 0.988. The molecule has 0 amide bonds. The van der Waals surface area contributed by atoms with E-state index in [1.165, 1.54) is 0 Å². The second-order valence-corrected chi connectivity index (χ2v) is 4.33. The first-order chi connectivity index (χ1) is 5.81. The molecular formula is C5H10F2N2O3S. The molecule has 0 atom stereocenters. The van der Waals surface area contributed by atoms with Crippen LogP contribution in [0.3, 0.4) is 0 Å². The molecule has 1 rings (SSSR count). The summed E-state index contributed by atoms with van der Waals surface area (Å²) in [6.45, 7) is -1.87. The fraction of sp³-hybridized carbons (Fsp3) is 1.00. The second-order valence-electron chi connectivity index (χ2n) is 2.79. The molecular weight excluding hydrogens is 206 g/mol. The first-order valence-corrected chi connectivity index (χ1v) is 5.05. The lowest BCUT2D eigenvalue weighted by Crippen LogP contribution is -2.44. The van der Waals surface area contributed by atoms with Crippen LogP contribution >= 0.6 is 0 Å². The van der Waals surface area contributed by atoms with E-state index in [9.17, 15) is 17.2 Å². The number of alkyl halides is 2. The highest BCUT2D eigenvalue weighted by molar-refractivity contribution is 7.86. The van der Waals surface area contributed by atoms with Crippen LogP contribution in [0.4, 0.5) is 8.78 Å². The molecule has 13 heavy (non-hydrogen) atoms. The zero-order valence-electron chi connectivity index (χ0n) is 6.74. The number of ether oxygens (including phenoxy) is 1. The summed E-state index contributed by atoms with van der Waals surface area (Å²) in [4.78, 5) is 0. The standard InChI is InChI=1S/C5H10F2N2O3S/c6-5(7)3-9(13(8,10)11)1-2-12-4-5/h1-4H2,(H2,8,10,11). The van der Waals surface area contributed by atoms with Crippen molar-refractivity contribution in [3.8, 4) is 0 Å². The van der Waals surface area contributed by atoms with Gasteiger partial charge in [0.05, 0.1) is 13.2 Å². The zero-order valence-corrected chi connectivity index (χ0v) is 7.56. The molecule has 1 heterocycles. The van der Waals surface area contributed by atoms with Crippen LogP contribution in [0.2, 0.25) is 0 Å². The summed E-state index contributed by atoms with van der Waals surface area (Å²) in [7, 11) is -4.05. The molecule has 1 aliphatic heterocycles.